The van der Waals surface area contributed by atoms with Gasteiger partial charge in [-0.3, -0.25) is 4.79 Å². The van der Waals surface area contributed by atoms with Gasteiger partial charge in [-0.15, -0.1) is 0 Å². The van der Waals surface area contributed by atoms with Crippen LogP contribution in [-0.4, -0.2) is 23.4 Å². The van der Waals surface area contributed by atoms with E-state index in [2.05, 4.69) is 4.90 Å². The second-order valence-electron chi connectivity index (χ2n) is 5.84. The van der Waals surface area contributed by atoms with Crippen LogP contribution < -0.4 is 5.73 Å². The van der Waals surface area contributed by atoms with Crippen molar-refractivity contribution in [2.24, 2.45) is 5.92 Å². The molecule has 1 amide bonds. The molecule has 1 aromatic carbocycles. The molecule has 2 N–H and O–H groups in total. The third-order valence-corrected chi connectivity index (χ3v) is 4.70. The number of para-hydroxylation sites is 1. The maximum absolute atomic E-state index is 12.7. The lowest BCUT2D eigenvalue weighted by atomic mass is 9.78. The summed E-state index contributed by atoms with van der Waals surface area (Å²) >= 11 is 0. The van der Waals surface area contributed by atoms with Crippen LogP contribution in [-0.2, 0) is 0 Å². The van der Waals surface area contributed by atoms with Gasteiger partial charge in [0.15, 0.2) is 0 Å². The highest BCUT2D eigenvalue weighted by molar-refractivity contribution is 5.99. The van der Waals surface area contributed by atoms with Gasteiger partial charge in [-0.05, 0) is 43.7 Å². The summed E-state index contributed by atoms with van der Waals surface area (Å²) < 4.78 is 0. The summed E-state index contributed by atoms with van der Waals surface area (Å²) in [5.74, 6) is 0.853. The van der Waals surface area contributed by atoms with E-state index in [9.17, 15) is 4.79 Å². The zero-order chi connectivity index (χ0) is 13.2. The van der Waals surface area contributed by atoms with E-state index in [0.717, 1.165) is 18.9 Å². The zero-order valence-electron chi connectivity index (χ0n) is 11.3. The molecule has 19 heavy (non-hydrogen) atoms. The van der Waals surface area contributed by atoms with Gasteiger partial charge in [-0.1, -0.05) is 25.0 Å². The van der Waals surface area contributed by atoms with Crippen LogP contribution in [0, 0.1) is 5.92 Å². The Bertz CT molecular complexity index is 470. The Morgan fingerprint density at radius 3 is 2.68 bits per heavy atom. The average molecular weight is 258 g/mol. The van der Waals surface area contributed by atoms with Crippen LogP contribution >= 0.6 is 0 Å². The molecule has 0 unspecified atom stereocenters. The fourth-order valence-electron chi connectivity index (χ4n) is 3.72. The molecule has 3 rings (SSSR count). The van der Waals surface area contributed by atoms with Crippen molar-refractivity contribution in [2.45, 2.75) is 44.6 Å². The minimum Gasteiger partial charge on any atom is -0.398 e. The van der Waals surface area contributed by atoms with E-state index in [4.69, 9.17) is 5.73 Å². The number of likely N-dealkylation sites (tertiary alicyclic amines) is 1. The summed E-state index contributed by atoms with van der Waals surface area (Å²) in [6.45, 7) is 0.897. The highest BCUT2D eigenvalue weighted by atomic mass is 16.2. The van der Waals surface area contributed by atoms with Gasteiger partial charge in [-0.25, -0.2) is 0 Å². The summed E-state index contributed by atoms with van der Waals surface area (Å²) in [6, 6.07) is 7.90. The Labute approximate surface area is 114 Å². The number of carbonyl (C=O) groups is 1. The van der Waals surface area contributed by atoms with Crippen molar-refractivity contribution in [1.29, 1.82) is 0 Å². The number of nitrogens with two attached hydrogens (primary N) is 1. The predicted octanol–water partition coefficient (Wildman–Crippen LogP) is 3.06. The minimum absolute atomic E-state index is 0.134. The van der Waals surface area contributed by atoms with E-state index in [1.807, 2.05) is 24.3 Å². The molecule has 3 heteroatoms. The molecule has 1 aromatic rings. The third kappa shape index (κ3) is 2.34. The first-order valence-electron chi connectivity index (χ1n) is 7.43. The number of anilines is 1. The highest BCUT2D eigenvalue weighted by Crippen LogP contribution is 2.36. The Morgan fingerprint density at radius 2 is 1.84 bits per heavy atom. The summed E-state index contributed by atoms with van der Waals surface area (Å²) in [4.78, 5) is 14.8. The zero-order valence-corrected chi connectivity index (χ0v) is 11.3. The van der Waals surface area contributed by atoms with Crippen molar-refractivity contribution in [3.05, 3.63) is 29.8 Å². The van der Waals surface area contributed by atoms with E-state index < -0.39 is 0 Å². The lowest BCUT2D eigenvalue weighted by molar-refractivity contribution is 0.0391. The molecule has 2 aliphatic rings. The van der Waals surface area contributed by atoms with Crippen molar-refractivity contribution in [2.75, 3.05) is 12.3 Å². The van der Waals surface area contributed by atoms with Crippen molar-refractivity contribution < 1.29 is 4.79 Å². The van der Waals surface area contributed by atoms with E-state index in [1.54, 1.807) is 0 Å². The number of rotatable bonds is 1. The van der Waals surface area contributed by atoms with Crippen LogP contribution in [0.4, 0.5) is 5.69 Å². The molecular formula is C16H22N2O. The first-order valence-corrected chi connectivity index (χ1v) is 7.43. The monoisotopic (exact) mass is 258 g/mol. The Hall–Kier alpha value is -1.51. The minimum atomic E-state index is 0.134. The van der Waals surface area contributed by atoms with Gasteiger partial charge in [0.2, 0.25) is 0 Å². The lowest BCUT2D eigenvalue weighted by Crippen LogP contribution is -2.49. The first kappa shape index (κ1) is 12.5. The number of nitrogens with zero attached hydrogens (tertiary/aromatic N) is 1. The number of nitrogen functional groups attached to an aromatic ring is 1. The average Bonchev–Trinajstić information content (AvgIpc) is 2.46. The molecule has 2 atom stereocenters. The van der Waals surface area contributed by atoms with E-state index in [0.29, 0.717) is 17.3 Å². The van der Waals surface area contributed by atoms with E-state index in [-0.39, 0.29) is 5.91 Å². The van der Waals surface area contributed by atoms with Gasteiger partial charge in [-0.2, -0.15) is 0 Å². The van der Waals surface area contributed by atoms with Crippen LogP contribution in [0.2, 0.25) is 0 Å². The molecule has 0 radical (unpaired) electrons. The Morgan fingerprint density at radius 1 is 1.11 bits per heavy atom. The molecule has 0 spiro atoms. The second kappa shape index (κ2) is 5.24. The van der Waals surface area contributed by atoms with Gasteiger partial charge >= 0.3 is 0 Å². The smallest absolute Gasteiger partial charge is 0.256 e. The number of carbonyl (C=O) groups excluding carboxylic acids is 1. The highest BCUT2D eigenvalue weighted by Gasteiger charge is 2.36. The molecule has 0 aromatic heterocycles. The topological polar surface area (TPSA) is 46.3 Å². The van der Waals surface area contributed by atoms with Crippen molar-refractivity contribution in [3.8, 4) is 0 Å². The van der Waals surface area contributed by atoms with Crippen molar-refractivity contribution >= 4 is 11.6 Å². The SMILES string of the molecule is Nc1ccccc1C(=O)N1CCC[C@H]2CCCC[C@H]21. The lowest BCUT2D eigenvalue weighted by Gasteiger charge is -2.44. The molecule has 1 aliphatic carbocycles. The first-order chi connectivity index (χ1) is 9.27. The largest absolute Gasteiger partial charge is 0.398 e. The van der Waals surface area contributed by atoms with Gasteiger partial charge in [0.1, 0.15) is 0 Å². The quantitative estimate of drug-likeness (QED) is 0.787. The Kier molecular flexibility index (Phi) is 3.45. The fraction of sp³-hybridized carbons (Fsp3) is 0.562. The molecule has 0 bridgehead atoms. The van der Waals surface area contributed by atoms with Crippen LogP contribution in [0.1, 0.15) is 48.9 Å². The molecule has 1 heterocycles. The molecule has 1 saturated heterocycles. The number of fused-ring (bicyclic) bond motifs is 1. The number of hydrogen-bond acceptors (Lipinski definition) is 2. The van der Waals surface area contributed by atoms with Gasteiger partial charge < -0.3 is 10.6 Å². The maximum atomic E-state index is 12.7. The molecule has 1 aliphatic heterocycles. The second-order valence-corrected chi connectivity index (χ2v) is 5.84. The summed E-state index contributed by atoms with van der Waals surface area (Å²) in [5, 5.41) is 0. The van der Waals surface area contributed by atoms with Crippen molar-refractivity contribution in [1.82, 2.24) is 4.90 Å². The van der Waals surface area contributed by atoms with E-state index >= 15 is 0 Å². The standard InChI is InChI=1S/C16H22N2O/c17-14-9-3-2-8-13(14)16(19)18-11-5-7-12-6-1-4-10-15(12)18/h2-3,8-9,12,15H,1,4-7,10-11,17H2/t12-,15-/m1/s1. The van der Waals surface area contributed by atoms with Crippen LogP contribution in [0.25, 0.3) is 0 Å². The molecule has 102 valence electrons. The number of benzene rings is 1. The van der Waals surface area contributed by atoms with Crippen molar-refractivity contribution in [3.63, 3.8) is 0 Å². The molecule has 1 saturated carbocycles. The third-order valence-electron chi connectivity index (χ3n) is 4.70. The van der Waals surface area contributed by atoms with Crippen LogP contribution in [0.3, 0.4) is 0 Å². The number of piperidine rings is 1. The maximum Gasteiger partial charge on any atom is 0.256 e. The van der Waals surface area contributed by atoms with Crippen LogP contribution in [0.5, 0.6) is 0 Å². The summed E-state index contributed by atoms with van der Waals surface area (Å²) in [6.07, 6.45) is 7.48. The van der Waals surface area contributed by atoms with Gasteiger partial charge in [0.05, 0.1) is 5.56 Å². The number of amides is 1. The predicted molar refractivity (Wildman–Crippen MR) is 76.9 cm³/mol. The molecule has 2 fully saturated rings. The normalized spacial score (nSPS) is 26.8. The number of hydrogen-bond donors (Lipinski definition) is 1. The molecule has 3 nitrogen and oxygen atoms in total. The van der Waals surface area contributed by atoms with Gasteiger partial charge in [0.25, 0.3) is 5.91 Å². The molecular weight excluding hydrogens is 236 g/mol. The van der Waals surface area contributed by atoms with E-state index in [1.165, 1.54) is 32.1 Å². The van der Waals surface area contributed by atoms with Gasteiger partial charge in [0, 0.05) is 18.3 Å². The summed E-state index contributed by atoms with van der Waals surface area (Å²) in [7, 11) is 0. The Balaban J connectivity index is 1.84. The van der Waals surface area contributed by atoms with Crippen LogP contribution in [0.15, 0.2) is 24.3 Å². The summed E-state index contributed by atoms with van der Waals surface area (Å²) in [5.41, 5.74) is 7.23. The fourth-order valence-corrected chi connectivity index (χ4v) is 3.72.